The summed E-state index contributed by atoms with van der Waals surface area (Å²) >= 11 is 0. The van der Waals surface area contributed by atoms with Crippen LogP contribution in [0, 0.1) is 0 Å². The van der Waals surface area contributed by atoms with Gasteiger partial charge in [-0.15, -0.1) is 0 Å². The van der Waals surface area contributed by atoms with Crippen molar-refractivity contribution in [1.82, 2.24) is 19.7 Å². The largest absolute Gasteiger partial charge is 0.345 e. The number of aromatic nitrogens is 1. The first-order valence-electron chi connectivity index (χ1n) is 13.5. The number of carbonyl (C=O) groups is 2. The van der Waals surface area contributed by atoms with Crippen LogP contribution >= 0.6 is 0 Å². The maximum Gasteiger partial charge on any atom is 0.318 e. The average molecular weight is 481 g/mol. The average Bonchev–Trinajstić information content (AvgIpc) is 3.32. The van der Waals surface area contributed by atoms with E-state index in [1.807, 2.05) is 13.0 Å². The zero-order valence-corrected chi connectivity index (χ0v) is 21.9. The van der Waals surface area contributed by atoms with Gasteiger partial charge in [0.1, 0.15) is 6.54 Å². The van der Waals surface area contributed by atoms with Gasteiger partial charge in [0.15, 0.2) is 0 Å². The standard InChI is InChI=1S/C29H44N4O2/c1-4-6-19-30-29(35)32(24(3)5-2)23-28(34)33(26-16-11-8-12-17-26)22-27-18-13-20-31(27)21-25-14-9-7-10-15-25/h7,9-10,13-15,18,20,24,26H,4-6,8,11-12,16-17,19,21-23H2,1-3H3,(H,30,35). The molecule has 0 aliphatic heterocycles. The minimum absolute atomic E-state index is 0.00993. The van der Waals surface area contributed by atoms with Crippen LogP contribution in [-0.4, -0.2) is 51.5 Å². The van der Waals surface area contributed by atoms with Gasteiger partial charge in [-0.1, -0.05) is 69.9 Å². The lowest BCUT2D eigenvalue weighted by molar-refractivity contribution is -0.136. The van der Waals surface area contributed by atoms with Gasteiger partial charge in [-0.25, -0.2) is 4.79 Å². The Kier molecular flexibility index (Phi) is 10.7. The molecule has 0 radical (unpaired) electrons. The molecule has 1 aromatic heterocycles. The fourth-order valence-electron chi connectivity index (χ4n) is 4.87. The Morgan fingerprint density at radius 3 is 2.49 bits per heavy atom. The molecule has 192 valence electrons. The Morgan fingerprint density at radius 1 is 1.06 bits per heavy atom. The predicted octanol–water partition coefficient (Wildman–Crippen LogP) is 5.81. The molecule has 3 rings (SSSR count). The first-order valence-corrected chi connectivity index (χ1v) is 13.5. The van der Waals surface area contributed by atoms with E-state index in [9.17, 15) is 9.59 Å². The lowest BCUT2D eigenvalue weighted by Gasteiger charge is -2.37. The van der Waals surface area contributed by atoms with E-state index in [0.717, 1.165) is 57.2 Å². The van der Waals surface area contributed by atoms with Crippen molar-refractivity contribution in [2.45, 2.75) is 97.3 Å². The van der Waals surface area contributed by atoms with Crippen molar-refractivity contribution in [2.75, 3.05) is 13.1 Å². The minimum Gasteiger partial charge on any atom is -0.345 e. The molecule has 0 spiro atoms. The predicted molar refractivity (Wildman–Crippen MR) is 142 cm³/mol. The zero-order chi connectivity index (χ0) is 25.0. The summed E-state index contributed by atoms with van der Waals surface area (Å²) in [6, 6.07) is 14.7. The summed E-state index contributed by atoms with van der Waals surface area (Å²) in [6.45, 7) is 8.35. The van der Waals surface area contributed by atoms with Crippen LogP contribution in [0.2, 0.25) is 0 Å². The van der Waals surface area contributed by atoms with E-state index in [1.54, 1.807) is 4.90 Å². The Balaban J connectivity index is 1.77. The second-order valence-electron chi connectivity index (χ2n) is 9.90. The van der Waals surface area contributed by atoms with Gasteiger partial charge in [0.25, 0.3) is 0 Å². The van der Waals surface area contributed by atoms with Crippen LogP contribution in [0.4, 0.5) is 4.79 Å². The summed E-state index contributed by atoms with van der Waals surface area (Å²) in [5, 5.41) is 3.02. The SMILES string of the molecule is CCCCNC(=O)N(CC(=O)N(Cc1cccn1Cc1ccccc1)C1CCCCC1)C(C)CC. The Labute approximate surface area is 211 Å². The molecule has 1 atom stereocenters. The van der Waals surface area contributed by atoms with Crippen LogP contribution in [0.1, 0.15) is 83.4 Å². The number of nitrogens with one attached hydrogen (secondary N) is 1. The highest BCUT2D eigenvalue weighted by Crippen LogP contribution is 2.25. The lowest BCUT2D eigenvalue weighted by atomic mass is 9.94. The minimum atomic E-state index is -0.128. The number of urea groups is 1. The van der Waals surface area contributed by atoms with Crippen LogP contribution in [0.3, 0.4) is 0 Å². The summed E-state index contributed by atoms with van der Waals surface area (Å²) in [5.41, 5.74) is 2.38. The fourth-order valence-corrected chi connectivity index (χ4v) is 4.87. The molecule has 2 aromatic rings. The molecule has 3 amide bonds. The molecule has 35 heavy (non-hydrogen) atoms. The number of carbonyl (C=O) groups excluding carboxylic acids is 2. The summed E-state index contributed by atoms with van der Waals surface area (Å²) in [4.78, 5) is 30.6. The first kappa shape index (κ1) is 26.8. The van der Waals surface area contributed by atoms with Crippen molar-refractivity contribution in [3.8, 4) is 0 Å². The number of nitrogens with zero attached hydrogens (tertiary/aromatic N) is 3. The summed E-state index contributed by atoms with van der Waals surface area (Å²) in [6.07, 6.45) is 10.5. The zero-order valence-electron chi connectivity index (χ0n) is 21.9. The van der Waals surface area contributed by atoms with Gasteiger partial charge in [0.2, 0.25) is 5.91 Å². The summed E-state index contributed by atoms with van der Waals surface area (Å²) < 4.78 is 2.24. The van der Waals surface area contributed by atoms with Crippen LogP contribution in [0.5, 0.6) is 0 Å². The second-order valence-corrected chi connectivity index (χ2v) is 9.90. The third-order valence-corrected chi connectivity index (χ3v) is 7.28. The maximum atomic E-state index is 13.8. The molecule has 1 aliphatic carbocycles. The topological polar surface area (TPSA) is 57.6 Å². The van der Waals surface area contributed by atoms with Crippen LogP contribution in [0.15, 0.2) is 48.7 Å². The van der Waals surface area contributed by atoms with Gasteiger partial charge in [-0.05, 0) is 50.3 Å². The Morgan fingerprint density at radius 2 is 1.80 bits per heavy atom. The Hall–Kier alpha value is -2.76. The van der Waals surface area contributed by atoms with Gasteiger partial charge < -0.3 is 19.7 Å². The molecule has 1 fully saturated rings. The molecule has 0 saturated heterocycles. The molecule has 1 heterocycles. The van der Waals surface area contributed by atoms with Gasteiger partial charge in [0.05, 0.1) is 6.54 Å². The van der Waals surface area contributed by atoms with E-state index in [1.165, 1.54) is 12.0 Å². The molecule has 1 aromatic carbocycles. The monoisotopic (exact) mass is 480 g/mol. The van der Waals surface area contributed by atoms with E-state index < -0.39 is 0 Å². The van der Waals surface area contributed by atoms with E-state index in [-0.39, 0.29) is 30.6 Å². The van der Waals surface area contributed by atoms with E-state index >= 15 is 0 Å². The number of hydrogen-bond acceptors (Lipinski definition) is 2. The lowest BCUT2D eigenvalue weighted by Crippen LogP contribution is -2.52. The quantitative estimate of drug-likeness (QED) is 0.390. The Bertz CT molecular complexity index is 904. The van der Waals surface area contributed by atoms with Gasteiger partial charge in [0, 0.05) is 37.1 Å². The molecule has 6 nitrogen and oxygen atoms in total. The van der Waals surface area contributed by atoms with E-state index in [0.29, 0.717) is 13.1 Å². The number of benzene rings is 1. The maximum absolute atomic E-state index is 13.8. The number of rotatable bonds is 12. The van der Waals surface area contributed by atoms with E-state index in [4.69, 9.17) is 0 Å². The van der Waals surface area contributed by atoms with Crippen LogP contribution in [0.25, 0.3) is 0 Å². The molecule has 6 heteroatoms. The third kappa shape index (κ3) is 7.87. The smallest absolute Gasteiger partial charge is 0.318 e. The highest BCUT2D eigenvalue weighted by molar-refractivity contribution is 5.84. The molecule has 0 bridgehead atoms. The highest BCUT2D eigenvalue weighted by atomic mass is 16.2. The number of hydrogen-bond donors (Lipinski definition) is 1. The van der Waals surface area contributed by atoms with Gasteiger partial charge in [-0.3, -0.25) is 4.79 Å². The van der Waals surface area contributed by atoms with Crippen LogP contribution in [-0.2, 0) is 17.9 Å². The molecule has 1 saturated carbocycles. The van der Waals surface area contributed by atoms with Crippen molar-refractivity contribution in [2.24, 2.45) is 0 Å². The molecular weight excluding hydrogens is 436 g/mol. The van der Waals surface area contributed by atoms with Crippen LogP contribution < -0.4 is 5.32 Å². The number of amides is 3. The normalized spacial score (nSPS) is 14.9. The molecule has 1 aliphatic rings. The molecule has 1 N–H and O–H groups in total. The van der Waals surface area contributed by atoms with E-state index in [2.05, 4.69) is 71.2 Å². The van der Waals surface area contributed by atoms with Gasteiger partial charge >= 0.3 is 6.03 Å². The molecule has 1 unspecified atom stereocenters. The first-order chi connectivity index (χ1) is 17.0. The number of unbranched alkanes of at least 4 members (excludes halogenated alkanes) is 1. The van der Waals surface area contributed by atoms with Crippen molar-refractivity contribution in [3.05, 3.63) is 59.9 Å². The van der Waals surface area contributed by atoms with Gasteiger partial charge in [-0.2, -0.15) is 0 Å². The molecular formula is C29H44N4O2. The van der Waals surface area contributed by atoms with Crippen molar-refractivity contribution in [3.63, 3.8) is 0 Å². The van der Waals surface area contributed by atoms with Crippen molar-refractivity contribution < 1.29 is 9.59 Å². The highest BCUT2D eigenvalue weighted by Gasteiger charge is 2.30. The summed E-state index contributed by atoms with van der Waals surface area (Å²) in [5.74, 6) is 0.0512. The second kappa shape index (κ2) is 14.0. The third-order valence-electron chi connectivity index (χ3n) is 7.28. The fraction of sp³-hybridized carbons (Fsp3) is 0.586. The summed E-state index contributed by atoms with van der Waals surface area (Å²) in [7, 11) is 0. The van der Waals surface area contributed by atoms with Crippen molar-refractivity contribution >= 4 is 11.9 Å². The van der Waals surface area contributed by atoms with Crippen molar-refractivity contribution in [1.29, 1.82) is 0 Å².